The van der Waals surface area contributed by atoms with Gasteiger partial charge in [-0.3, -0.25) is 9.69 Å². The molecule has 1 unspecified atom stereocenters. The van der Waals surface area contributed by atoms with Gasteiger partial charge in [-0.25, -0.2) is 4.39 Å². The lowest BCUT2D eigenvalue weighted by atomic mass is 10.0. The fourth-order valence-electron chi connectivity index (χ4n) is 2.96. The van der Waals surface area contributed by atoms with Crippen LogP contribution >= 0.6 is 23.2 Å². The zero-order valence-corrected chi connectivity index (χ0v) is 15.6. The van der Waals surface area contributed by atoms with E-state index in [0.717, 1.165) is 18.7 Å². The lowest BCUT2D eigenvalue weighted by molar-refractivity contribution is 0.0162. The number of nitrogens with zero attached hydrogens (tertiary/aromatic N) is 1. The lowest BCUT2D eigenvalue weighted by Crippen LogP contribution is -2.43. The van der Waals surface area contributed by atoms with E-state index in [0.29, 0.717) is 35.4 Å². The van der Waals surface area contributed by atoms with Crippen molar-refractivity contribution in [1.29, 1.82) is 0 Å². The van der Waals surface area contributed by atoms with Crippen molar-refractivity contribution >= 4 is 29.1 Å². The SMILES string of the molecule is O=C(NCC(c1ccc(F)cc1)N1CCOCC1)c1ccc(Cl)c(Cl)c1. The van der Waals surface area contributed by atoms with Crippen LogP contribution < -0.4 is 5.32 Å². The van der Waals surface area contributed by atoms with Crippen molar-refractivity contribution in [2.75, 3.05) is 32.8 Å². The molecule has 2 aromatic rings. The minimum atomic E-state index is -0.283. The van der Waals surface area contributed by atoms with E-state index >= 15 is 0 Å². The number of ether oxygens (including phenoxy) is 1. The summed E-state index contributed by atoms with van der Waals surface area (Å²) in [7, 11) is 0. The van der Waals surface area contributed by atoms with Crippen molar-refractivity contribution in [3.8, 4) is 0 Å². The quantitative estimate of drug-likeness (QED) is 0.831. The van der Waals surface area contributed by atoms with E-state index in [2.05, 4.69) is 10.2 Å². The first-order chi connectivity index (χ1) is 12.5. The average molecular weight is 397 g/mol. The second-order valence-corrected chi connectivity index (χ2v) is 6.87. The fourth-order valence-corrected chi connectivity index (χ4v) is 3.26. The van der Waals surface area contributed by atoms with Crippen LogP contribution in [0.5, 0.6) is 0 Å². The van der Waals surface area contributed by atoms with Gasteiger partial charge in [0, 0.05) is 25.2 Å². The summed E-state index contributed by atoms with van der Waals surface area (Å²) >= 11 is 11.9. The van der Waals surface area contributed by atoms with E-state index in [1.165, 1.54) is 12.1 Å². The number of halogens is 3. The van der Waals surface area contributed by atoms with Gasteiger partial charge < -0.3 is 10.1 Å². The molecule has 1 amide bonds. The Morgan fingerprint density at radius 3 is 2.46 bits per heavy atom. The van der Waals surface area contributed by atoms with Crippen molar-refractivity contribution in [2.45, 2.75) is 6.04 Å². The van der Waals surface area contributed by atoms with Gasteiger partial charge in [-0.1, -0.05) is 35.3 Å². The summed E-state index contributed by atoms with van der Waals surface area (Å²) in [6.45, 7) is 3.18. The van der Waals surface area contributed by atoms with Crippen LogP contribution in [0.2, 0.25) is 10.0 Å². The molecule has 1 saturated heterocycles. The molecule has 0 aromatic heterocycles. The number of hydrogen-bond acceptors (Lipinski definition) is 3. The average Bonchev–Trinajstić information content (AvgIpc) is 2.66. The zero-order chi connectivity index (χ0) is 18.5. The van der Waals surface area contributed by atoms with Crippen LogP contribution in [-0.2, 0) is 4.74 Å². The molecular formula is C19H19Cl2FN2O2. The molecule has 3 rings (SSSR count). The molecule has 0 bridgehead atoms. The maximum Gasteiger partial charge on any atom is 0.251 e. The Morgan fingerprint density at radius 1 is 1.12 bits per heavy atom. The van der Waals surface area contributed by atoms with Gasteiger partial charge in [0.25, 0.3) is 5.91 Å². The summed E-state index contributed by atoms with van der Waals surface area (Å²) in [4.78, 5) is 14.7. The Kier molecular flexibility index (Phi) is 6.48. The number of benzene rings is 2. The molecule has 1 aliphatic heterocycles. The fraction of sp³-hybridized carbons (Fsp3) is 0.316. The van der Waals surface area contributed by atoms with Crippen molar-refractivity contribution < 1.29 is 13.9 Å². The maximum absolute atomic E-state index is 13.3. The van der Waals surface area contributed by atoms with Gasteiger partial charge in [0.2, 0.25) is 0 Å². The first kappa shape index (κ1) is 19.1. The van der Waals surface area contributed by atoms with Gasteiger partial charge in [0.05, 0.1) is 29.3 Å². The molecule has 0 radical (unpaired) electrons. The monoisotopic (exact) mass is 396 g/mol. The predicted molar refractivity (Wildman–Crippen MR) is 100 cm³/mol. The predicted octanol–water partition coefficient (Wildman–Crippen LogP) is 3.94. The second-order valence-electron chi connectivity index (χ2n) is 6.05. The molecule has 0 spiro atoms. The highest BCUT2D eigenvalue weighted by molar-refractivity contribution is 6.42. The zero-order valence-electron chi connectivity index (χ0n) is 14.1. The van der Waals surface area contributed by atoms with Gasteiger partial charge in [0.1, 0.15) is 5.82 Å². The van der Waals surface area contributed by atoms with E-state index in [1.54, 1.807) is 30.3 Å². The normalized spacial score (nSPS) is 16.3. The van der Waals surface area contributed by atoms with Crippen LogP contribution in [0.25, 0.3) is 0 Å². The number of carbonyl (C=O) groups is 1. The summed E-state index contributed by atoms with van der Waals surface area (Å²) in [6.07, 6.45) is 0. The van der Waals surface area contributed by atoms with Gasteiger partial charge in [-0.2, -0.15) is 0 Å². The van der Waals surface area contributed by atoms with Crippen LogP contribution in [0.1, 0.15) is 22.0 Å². The van der Waals surface area contributed by atoms with E-state index in [9.17, 15) is 9.18 Å². The highest BCUT2D eigenvalue weighted by Gasteiger charge is 2.23. The van der Waals surface area contributed by atoms with Crippen molar-refractivity contribution in [1.82, 2.24) is 10.2 Å². The topological polar surface area (TPSA) is 41.6 Å². The molecule has 0 saturated carbocycles. The van der Waals surface area contributed by atoms with Crippen LogP contribution in [0, 0.1) is 5.82 Å². The molecule has 0 aliphatic carbocycles. The molecule has 4 nitrogen and oxygen atoms in total. The van der Waals surface area contributed by atoms with Gasteiger partial charge in [-0.15, -0.1) is 0 Å². The first-order valence-electron chi connectivity index (χ1n) is 8.35. The molecule has 1 fully saturated rings. The Morgan fingerprint density at radius 2 is 1.81 bits per heavy atom. The van der Waals surface area contributed by atoms with Gasteiger partial charge in [-0.05, 0) is 35.9 Å². The molecule has 2 aromatic carbocycles. The van der Waals surface area contributed by atoms with Gasteiger partial charge in [0.15, 0.2) is 0 Å². The maximum atomic E-state index is 13.3. The Labute approximate surface area is 161 Å². The van der Waals surface area contributed by atoms with E-state index in [-0.39, 0.29) is 17.8 Å². The summed E-state index contributed by atoms with van der Waals surface area (Å²) in [6, 6.07) is 11.1. The summed E-state index contributed by atoms with van der Waals surface area (Å²) < 4.78 is 18.7. The molecule has 1 N–H and O–H groups in total. The molecular weight excluding hydrogens is 378 g/mol. The van der Waals surface area contributed by atoms with Gasteiger partial charge >= 0.3 is 0 Å². The standard InChI is InChI=1S/C19H19Cl2FN2O2/c20-16-6-3-14(11-17(16)21)19(25)23-12-18(24-7-9-26-10-8-24)13-1-4-15(22)5-2-13/h1-6,11,18H,7-10,12H2,(H,23,25). The number of amides is 1. The largest absolute Gasteiger partial charge is 0.379 e. The third-order valence-corrected chi connectivity index (χ3v) is 5.12. The van der Waals surface area contributed by atoms with Crippen LogP contribution in [0.4, 0.5) is 4.39 Å². The third-order valence-electron chi connectivity index (χ3n) is 4.38. The van der Waals surface area contributed by atoms with Crippen molar-refractivity contribution in [3.05, 3.63) is 69.5 Å². The molecule has 138 valence electrons. The molecule has 1 atom stereocenters. The number of carbonyl (C=O) groups excluding carboxylic acids is 1. The number of hydrogen-bond donors (Lipinski definition) is 1. The van der Waals surface area contributed by atoms with Crippen molar-refractivity contribution in [2.24, 2.45) is 0 Å². The number of morpholine rings is 1. The Hall–Kier alpha value is -1.66. The second kappa shape index (κ2) is 8.82. The van der Waals surface area contributed by atoms with Crippen LogP contribution in [0.3, 0.4) is 0 Å². The van der Waals surface area contributed by atoms with E-state index < -0.39 is 0 Å². The van der Waals surface area contributed by atoms with E-state index in [4.69, 9.17) is 27.9 Å². The van der Waals surface area contributed by atoms with Crippen molar-refractivity contribution in [3.63, 3.8) is 0 Å². The first-order valence-corrected chi connectivity index (χ1v) is 9.10. The Bertz CT molecular complexity index is 765. The van der Waals surface area contributed by atoms with Crippen LogP contribution in [0.15, 0.2) is 42.5 Å². The van der Waals surface area contributed by atoms with E-state index in [1.807, 2.05) is 0 Å². The minimum absolute atomic E-state index is 0.0637. The summed E-state index contributed by atoms with van der Waals surface area (Å²) in [5.41, 5.74) is 1.39. The number of rotatable bonds is 5. The highest BCUT2D eigenvalue weighted by Crippen LogP contribution is 2.24. The highest BCUT2D eigenvalue weighted by atomic mass is 35.5. The lowest BCUT2D eigenvalue weighted by Gasteiger charge is -2.35. The molecule has 26 heavy (non-hydrogen) atoms. The summed E-state index contributed by atoms with van der Waals surface area (Å²) in [5, 5.41) is 3.68. The summed E-state index contributed by atoms with van der Waals surface area (Å²) in [5.74, 6) is -0.516. The molecule has 7 heteroatoms. The smallest absolute Gasteiger partial charge is 0.251 e. The minimum Gasteiger partial charge on any atom is -0.379 e. The van der Waals surface area contributed by atoms with Crippen LogP contribution in [-0.4, -0.2) is 43.7 Å². The Balaban J connectivity index is 1.73. The third kappa shape index (κ3) is 4.74. The molecule has 1 aliphatic rings. The number of nitrogens with one attached hydrogen (secondary N) is 1. The molecule has 1 heterocycles.